The van der Waals surface area contributed by atoms with Crippen molar-refractivity contribution in [1.29, 1.82) is 0 Å². The molecule has 0 atom stereocenters. The maximum atomic E-state index is 11.6. The molecular weight excluding hydrogens is 240 g/mol. The van der Waals surface area contributed by atoms with Gasteiger partial charge in [-0.2, -0.15) is 0 Å². The predicted octanol–water partition coefficient (Wildman–Crippen LogP) is 3.59. The molecule has 0 heterocycles. The summed E-state index contributed by atoms with van der Waals surface area (Å²) >= 11 is 3.41. The van der Waals surface area contributed by atoms with Crippen molar-refractivity contribution in [1.82, 2.24) is 0 Å². The molecule has 14 heavy (non-hydrogen) atoms. The standard InChI is InChI=1S/C12H11BrO/c13-10-5-3-4-9(8-10)11-6-1-2-7-12(11)14/h3-6,8H,1-2,7H2. The van der Waals surface area contributed by atoms with E-state index in [-0.39, 0.29) is 5.78 Å². The zero-order valence-electron chi connectivity index (χ0n) is 7.79. The number of rotatable bonds is 1. The van der Waals surface area contributed by atoms with Crippen LogP contribution < -0.4 is 0 Å². The molecule has 0 saturated carbocycles. The lowest BCUT2D eigenvalue weighted by atomic mass is 9.93. The minimum Gasteiger partial charge on any atom is -0.294 e. The van der Waals surface area contributed by atoms with E-state index in [4.69, 9.17) is 0 Å². The Morgan fingerprint density at radius 1 is 1.29 bits per heavy atom. The van der Waals surface area contributed by atoms with Gasteiger partial charge in [-0.25, -0.2) is 0 Å². The summed E-state index contributed by atoms with van der Waals surface area (Å²) in [7, 11) is 0. The molecule has 0 bridgehead atoms. The largest absolute Gasteiger partial charge is 0.294 e. The number of hydrogen-bond donors (Lipinski definition) is 0. The van der Waals surface area contributed by atoms with Crippen molar-refractivity contribution in [2.24, 2.45) is 0 Å². The van der Waals surface area contributed by atoms with Gasteiger partial charge in [-0.1, -0.05) is 34.1 Å². The molecule has 0 fully saturated rings. The van der Waals surface area contributed by atoms with Gasteiger partial charge in [0.1, 0.15) is 0 Å². The van der Waals surface area contributed by atoms with Crippen LogP contribution in [0.5, 0.6) is 0 Å². The van der Waals surface area contributed by atoms with Crippen LogP contribution in [0.2, 0.25) is 0 Å². The fourth-order valence-electron chi connectivity index (χ4n) is 1.69. The smallest absolute Gasteiger partial charge is 0.163 e. The highest BCUT2D eigenvalue weighted by atomic mass is 79.9. The quantitative estimate of drug-likeness (QED) is 0.745. The Labute approximate surface area is 92.0 Å². The second kappa shape index (κ2) is 4.09. The van der Waals surface area contributed by atoms with E-state index in [0.29, 0.717) is 6.42 Å². The van der Waals surface area contributed by atoms with E-state index in [1.165, 1.54) is 0 Å². The van der Waals surface area contributed by atoms with Gasteiger partial charge in [-0.3, -0.25) is 4.79 Å². The summed E-state index contributed by atoms with van der Waals surface area (Å²) in [5.74, 6) is 0.273. The molecule has 1 aromatic rings. The molecule has 0 unspecified atom stereocenters. The van der Waals surface area contributed by atoms with Crippen LogP contribution in [0.1, 0.15) is 24.8 Å². The fourth-order valence-corrected chi connectivity index (χ4v) is 2.09. The predicted molar refractivity (Wildman–Crippen MR) is 61.0 cm³/mol. The third-order valence-electron chi connectivity index (χ3n) is 2.39. The molecule has 0 radical (unpaired) electrons. The van der Waals surface area contributed by atoms with Crippen LogP contribution in [0, 0.1) is 0 Å². The summed E-state index contributed by atoms with van der Waals surface area (Å²) in [6.45, 7) is 0. The highest BCUT2D eigenvalue weighted by Gasteiger charge is 2.14. The maximum absolute atomic E-state index is 11.6. The number of carbonyl (C=O) groups is 1. The van der Waals surface area contributed by atoms with Gasteiger partial charge in [-0.05, 0) is 30.5 Å². The van der Waals surface area contributed by atoms with Gasteiger partial charge in [0.2, 0.25) is 0 Å². The first-order chi connectivity index (χ1) is 6.77. The van der Waals surface area contributed by atoms with Gasteiger partial charge in [0, 0.05) is 16.5 Å². The SMILES string of the molecule is O=C1CCCC=C1c1cccc(Br)c1. The van der Waals surface area contributed by atoms with Crippen LogP contribution in [0.3, 0.4) is 0 Å². The highest BCUT2D eigenvalue weighted by molar-refractivity contribution is 9.10. The number of hydrogen-bond acceptors (Lipinski definition) is 1. The number of ketones is 1. The molecule has 0 amide bonds. The van der Waals surface area contributed by atoms with E-state index < -0.39 is 0 Å². The molecule has 1 nitrogen and oxygen atoms in total. The van der Waals surface area contributed by atoms with E-state index in [0.717, 1.165) is 28.5 Å². The lowest BCUT2D eigenvalue weighted by molar-refractivity contribution is -0.114. The van der Waals surface area contributed by atoms with E-state index >= 15 is 0 Å². The second-order valence-corrected chi connectivity index (χ2v) is 4.36. The zero-order valence-corrected chi connectivity index (χ0v) is 9.38. The summed E-state index contributed by atoms with van der Waals surface area (Å²) in [6, 6.07) is 7.91. The van der Waals surface area contributed by atoms with Gasteiger partial charge in [0.15, 0.2) is 5.78 Å². The average Bonchev–Trinajstić information content (AvgIpc) is 2.18. The molecule has 1 aliphatic rings. The third kappa shape index (κ3) is 1.95. The Balaban J connectivity index is 2.39. The number of halogens is 1. The molecule has 1 aliphatic carbocycles. The Bertz CT molecular complexity index is 393. The maximum Gasteiger partial charge on any atom is 0.163 e. The van der Waals surface area contributed by atoms with Crippen molar-refractivity contribution < 1.29 is 4.79 Å². The van der Waals surface area contributed by atoms with Gasteiger partial charge in [0.05, 0.1) is 0 Å². The summed E-state index contributed by atoms with van der Waals surface area (Å²) in [5, 5.41) is 0. The normalized spacial score (nSPS) is 16.6. The average molecular weight is 251 g/mol. The van der Waals surface area contributed by atoms with Crippen molar-refractivity contribution in [3.05, 3.63) is 40.4 Å². The molecule has 1 aromatic carbocycles. The number of carbonyl (C=O) groups excluding carboxylic acids is 1. The Morgan fingerprint density at radius 3 is 2.86 bits per heavy atom. The first-order valence-electron chi connectivity index (χ1n) is 4.76. The van der Waals surface area contributed by atoms with Crippen molar-refractivity contribution >= 4 is 27.3 Å². The lowest BCUT2D eigenvalue weighted by Crippen LogP contribution is -2.05. The topological polar surface area (TPSA) is 17.1 Å². The van der Waals surface area contributed by atoms with Crippen molar-refractivity contribution in [2.75, 3.05) is 0 Å². The van der Waals surface area contributed by atoms with Crippen molar-refractivity contribution in [3.8, 4) is 0 Å². The Morgan fingerprint density at radius 2 is 2.14 bits per heavy atom. The first-order valence-corrected chi connectivity index (χ1v) is 5.56. The summed E-state index contributed by atoms with van der Waals surface area (Å²) in [5.41, 5.74) is 1.92. The summed E-state index contributed by atoms with van der Waals surface area (Å²) < 4.78 is 1.02. The lowest BCUT2D eigenvalue weighted by Gasteiger charge is -2.11. The molecule has 72 valence electrons. The van der Waals surface area contributed by atoms with Crippen molar-refractivity contribution in [2.45, 2.75) is 19.3 Å². The van der Waals surface area contributed by atoms with Crippen LogP contribution in [-0.2, 0) is 4.79 Å². The van der Waals surface area contributed by atoms with Crippen LogP contribution in [0.25, 0.3) is 5.57 Å². The van der Waals surface area contributed by atoms with Crippen LogP contribution >= 0.6 is 15.9 Å². The molecular formula is C12H11BrO. The number of allylic oxidation sites excluding steroid dienone is 2. The van der Waals surface area contributed by atoms with Crippen LogP contribution in [-0.4, -0.2) is 5.78 Å². The minimum absolute atomic E-state index is 0.273. The van der Waals surface area contributed by atoms with E-state index in [9.17, 15) is 4.79 Å². The minimum atomic E-state index is 0.273. The molecule has 0 aliphatic heterocycles. The fraction of sp³-hybridized carbons (Fsp3) is 0.250. The molecule has 0 N–H and O–H groups in total. The number of benzene rings is 1. The Kier molecular flexibility index (Phi) is 2.82. The monoisotopic (exact) mass is 250 g/mol. The third-order valence-corrected chi connectivity index (χ3v) is 2.89. The number of Topliss-reactive ketones (excluding diaryl/α,β-unsaturated/α-hetero) is 1. The van der Waals surface area contributed by atoms with Gasteiger partial charge in [0.25, 0.3) is 0 Å². The molecule has 0 saturated heterocycles. The van der Waals surface area contributed by atoms with E-state index in [1.54, 1.807) is 0 Å². The van der Waals surface area contributed by atoms with Crippen LogP contribution in [0.4, 0.5) is 0 Å². The van der Waals surface area contributed by atoms with Gasteiger partial charge >= 0.3 is 0 Å². The Hall–Kier alpha value is -0.890. The first kappa shape index (κ1) is 9.66. The molecule has 0 aromatic heterocycles. The molecule has 2 heteroatoms. The second-order valence-electron chi connectivity index (χ2n) is 3.44. The molecule has 0 spiro atoms. The summed E-state index contributed by atoms with van der Waals surface area (Å²) in [6.07, 6.45) is 4.76. The summed E-state index contributed by atoms with van der Waals surface area (Å²) in [4.78, 5) is 11.6. The molecule has 2 rings (SSSR count). The van der Waals surface area contributed by atoms with Crippen molar-refractivity contribution in [3.63, 3.8) is 0 Å². The van der Waals surface area contributed by atoms with E-state index in [2.05, 4.69) is 15.9 Å². The van der Waals surface area contributed by atoms with Gasteiger partial charge < -0.3 is 0 Å². The van der Waals surface area contributed by atoms with Gasteiger partial charge in [-0.15, -0.1) is 0 Å². The zero-order chi connectivity index (χ0) is 9.97. The van der Waals surface area contributed by atoms with E-state index in [1.807, 2.05) is 30.3 Å². The van der Waals surface area contributed by atoms with Crippen LogP contribution in [0.15, 0.2) is 34.8 Å². The highest BCUT2D eigenvalue weighted by Crippen LogP contribution is 2.25.